The Hall–Kier alpha value is -4.79. The van der Waals surface area contributed by atoms with Gasteiger partial charge in [0.1, 0.15) is 11.5 Å². The van der Waals surface area contributed by atoms with Crippen molar-refractivity contribution in [3.63, 3.8) is 0 Å². The molecule has 3 N–H and O–H groups in total. The van der Waals surface area contributed by atoms with Gasteiger partial charge < -0.3 is 15.4 Å². The third-order valence-corrected chi connectivity index (χ3v) is 5.89. The molecule has 0 bridgehead atoms. The van der Waals surface area contributed by atoms with Crippen molar-refractivity contribution in [1.82, 2.24) is 14.8 Å². The number of aromatic nitrogens is 3. The molecule has 0 aliphatic carbocycles. The topological polar surface area (TPSA) is 125 Å². The molecule has 3 heterocycles. The molecular formula is C27H24N6O3. The van der Waals surface area contributed by atoms with E-state index in [1.54, 1.807) is 61.8 Å². The number of hydrogen-bond acceptors (Lipinski definition) is 6. The normalized spacial score (nSPS) is 13.3. The average molecular weight is 481 g/mol. The first-order valence-corrected chi connectivity index (χ1v) is 11.4. The minimum Gasteiger partial charge on any atom is -0.494 e. The predicted octanol–water partition coefficient (Wildman–Crippen LogP) is 4.18. The number of carbonyl (C=O) groups excluding carboxylic acids is 2. The van der Waals surface area contributed by atoms with Crippen molar-refractivity contribution in [1.29, 1.82) is 0 Å². The number of ketones is 1. The minimum atomic E-state index is -0.311. The van der Waals surface area contributed by atoms with Crippen molar-refractivity contribution in [2.45, 2.75) is 13.8 Å². The summed E-state index contributed by atoms with van der Waals surface area (Å²) in [5.41, 5.74) is 4.79. The zero-order valence-electron chi connectivity index (χ0n) is 20.0. The van der Waals surface area contributed by atoms with Crippen molar-refractivity contribution < 1.29 is 14.7 Å². The smallest absolute Gasteiger partial charge is 0.273 e. The first-order valence-electron chi connectivity index (χ1n) is 11.4. The number of rotatable bonds is 5. The second-order valence-electron chi connectivity index (χ2n) is 8.73. The molecule has 5 rings (SSSR count). The molecule has 36 heavy (non-hydrogen) atoms. The lowest BCUT2D eigenvalue weighted by Gasteiger charge is -2.08. The summed E-state index contributed by atoms with van der Waals surface area (Å²) in [5, 5.41) is 18.2. The Morgan fingerprint density at radius 3 is 2.67 bits per heavy atom. The summed E-state index contributed by atoms with van der Waals surface area (Å²) in [5.74, 6) is 0.0512. The van der Waals surface area contributed by atoms with Crippen LogP contribution in [0.5, 0.6) is 5.88 Å². The van der Waals surface area contributed by atoms with Crippen LogP contribution in [0, 0.1) is 6.92 Å². The molecule has 1 aliphatic rings. The minimum absolute atomic E-state index is 0.0345. The second-order valence-corrected chi connectivity index (χ2v) is 8.73. The number of amidine groups is 1. The van der Waals surface area contributed by atoms with Crippen LogP contribution in [0.1, 0.15) is 44.6 Å². The molecule has 0 radical (unpaired) electrons. The Bertz CT molecular complexity index is 1620. The molecule has 2 aromatic carbocycles. The van der Waals surface area contributed by atoms with Gasteiger partial charge >= 0.3 is 0 Å². The molecule has 0 unspecified atom stereocenters. The summed E-state index contributed by atoms with van der Waals surface area (Å²) in [7, 11) is 1.70. The predicted molar refractivity (Wildman–Crippen MR) is 139 cm³/mol. The average Bonchev–Trinajstić information content (AvgIpc) is 3.52. The fraction of sp³-hybridized carbons (Fsp3) is 0.148. The highest BCUT2D eigenvalue weighted by Gasteiger charge is 2.16. The number of fused-ring (bicyclic) bond motifs is 1. The zero-order chi connectivity index (χ0) is 25.4. The summed E-state index contributed by atoms with van der Waals surface area (Å²) in [6.07, 6.45) is 3.47. The van der Waals surface area contributed by atoms with Crippen LogP contribution in [0.25, 0.3) is 10.9 Å². The molecule has 4 aromatic rings. The lowest BCUT2D eigenvalue weighted by molar-refractivity contribution is 0.101. The molecule has 0 saturated carbocycles. The SMILES string of the molecule is CC1=CC(N=Cc2c(O)[nH]c3cc(C(=O)c4cccc(NC(=O)c5cc(C)nn5C)c4)ccc23)=NC1. The summed E-state index contributed by atoms with van der Waals surface area (Å²) in [6, 6.07) is 13.6. The standard InChI is InChI=1S/C27H24N6O3/c1-15-9-24(28-13-15)29-14-21-20-8-7-18(12-22(20)31-26(21)35)25(34)17-5-4-6-19(11-17)30-27(36)23-10-16(2)32-33(23)3/h4-12,14,31,35H,13H2,1-3H3,(H,30,36). The summed E-state index contributed by atoms with van der Waals surface area (Å²) >= 11 is 0. The number of aromatic amines is 1. The Balaban J connectivity index is 1.38. The number of benzene rings is 2. The molecule has 9 nitrogen and oxygen atoms in total. The van der Waals surface area contributed by atoms with Gasteiger partial charge in [0.15, 0.2) is 11.7 Å². The molecule has 0 spiro atoms. The molecule has 180 valence electrons. The molecule has 0 saturated heterocycles. The largest absolute Gasteiger partial charge is 0.494 e. The second kappa shape index (κ2) is 9.10. The highest BCUT2D eigenvalue weighted by atomic mass is 16.3. The van der Waals surface area contributed by atoms with Gasteiger partial charge in [-0.05, 0) is 49.8 Å². The van der Waals surface area contributed by atoms with Crippen LogP contribution >= 0.6 is 0 Å². The van der Waals surface area contributed by atoms with Gasteiger partial charge in [-0.3, -0.25) is 19.3 Å². The third-order valence-electron chi connectivity index (χ3n) is 5.89. The fourth-order valence-electron chi connectivity index (χ4n) is 4.13. The van der Waals surface area contributed by atoms with Gasteiger partial charge in [0, 0.05) is 41.0 Å². The zero-order valence-corrected chi connectivity index (χ0v) is 20.0. The van der Waals surface area contributed by atoms with Crippen LogP contribution in [0.2, 0.25) is 0 Å². The first kappa shape index (κ1) is 23.0. The highest BCUT2D eigenvalue weighted by molar-refractivity contribution is 6.13. The van der Waals surface area contributed by atoms with Gasteiger partial charge in [-0.1, -0.05) is 24.3 Å². The number of aryl methyl sites for hydroxylation is 2. The van der Waals surface area contributed by atoms with Crippen LogP contribution in [-0.4, -0.2) is 50.2 Å². The summed E-state index contributed by atoms with van der Waals surface area (Å²) in [4.78, 5) is 37.4. The molecule has 0 fully saturated rings. The number of aliphatic imine (C=N–C) groups is 2. The van der Waals surface area contributed by atoms with Crippen LogP contribution in [0.4, 0.5) is 5.69 Å². The molecule has 9 heteroatoms. The van der Waals surface area contributed by atoms with E-state index in [-0.39, 0.29) is 17.6 Å². The van der Waals surface area contributed by atoms with Crippen molar-refractivity contribution in [2.75, 3.05) is 11.9 Å². The fourth-order valence-corrected chi connectivity index (χ4v) is 4.13. The van der Waals surface area contributed by atoms with E-state index in [2.05, 4.69) is 25.4 Å². The van der Waals surface area contributed by atoms with Crippen LogP contribution < -0.4 is 5.32 Å². The van der Waals surface area contributed by atoms with Gasteiger partial charge in [0.2, 0.25) is 0 Å². The number of aromatic hydroxyl groups is 1. The maximum atomic E-state index is 13.2. The molecular weight excluding hydrogens is 456 g/mol. The van der Waals surface area contributed by atoms with Crippen molar-refractivity contribution in [3.05, 3.63) is 88.3 Å². The summed E-state index contributed by atoms with van der Waals surface area (Å²) < 4.78 is 1.51. The first-order chi connectivity index (χ1) is 17.3. The Kier molecular flexibility index (Phi) is 5.81. The van der Waals surface area contributed by atoms with E-state index in [0.29, 0.717) is 46.0 Å². The van der Waals surface area contributed by atoms with Crippen LogP contribution in [0.3, 0.4) is 0 Å². The Labute approximate surface area is 206 Å². The number of nitrogens with zero attached hydrogens (tertiary/aromatic N) is 4. The van der Waals surface area contributed by atoms with E-state index in [1.165, 1.54) is 4.68 Å². The quantitative estimate of drug-likeness (QED) is 0.293. The van der Waals surface area contributed by atoms with E-state index >= 15 is 0 Å². The van der Waals surface area contributed by atoms with Gasteiger partial charge in [-0.2, -0.15) is 5.10 Å². The highest BCUT2D eigenvalue weighted by Crippen LogP contribution is 2.28. The van der Waals surface area contributed by atoms with Gasteiger partial charge in [-0.25, -0.2) is 4.99 Å². The van der Waals surface area contributed by atoms with Crippen molar-refractivity contribution >= 4 is 40.3 Å². The van der Waals surface area contributed by atoms with Crippen LogP contribution in [0.15, 0.2) is 70.2 Å². The monoisotopic (exact) mass is 480 g/mol. The number of hydrogen-bond donors (Lipinski definition) is 3. The molecule has 2 aromatic heterocycles. The van der Waals surface area contributed by atoms with E-state index in [4.69, 9.17) is 0 Å². The van der Waals surface area contributed by atoms with Gasteiger partial charge in [0.05, 0.1) is 17.8 Å². The van der Waals surface area contributed by atoms with E-state index in [0.717, 1.165) is 16.7 Å². The van der Waals surface area contributed by atoms with Crippen molar-refractivity contribution in [3.8, 4) is 5.88 Å². The number of carbonyl (C=O) groups is 2. The van der Waals surface area contributed by atoms with Crippen molar-refractivity contribution in [2.24, 2.45) is 17.0 Å². The molecule has 0 atom stereocenters. The maximum Gasteiger partial charge on any atom is 0.273 e. The number of H-pyrrole nitrogens is 1. The van der Waals surface area contributed by atoms with Crippen LogP contribution in [-0.2, 0) is 7.05 Å². The van der Waals surface area contributed by atoms with E-state index < -0.39 is 0 Å². The number of amides is 1. The van der Waals surface area contributed by atoms with E-state index in [9.17, 15) is 14.7 Å². The van der Waals surface area contributed by atoms with E-state index in [1.807, 2.05) is 19.9 Å². The number of anilines is 1. The Morgan fingerprint density at radius 1 is 1.14 bits per heavy atom. The van der Waals surface area contributed by atoms with Gasteiger partial charge in [0.25, 0.3) is 5.91 Å². The molecule has 1 amide bonds. The lowest BCUT2D eigenvalue weighted by Crippen LogP contribution is -2.16. The maximum absolute atomic E-state index is 13.2. The summed E-state index contributed by atoms with van der Waals surface area (Å²) in [6.45, 7) is 4.43. The number of nitrogens with one attached hydrogen (secondary N) is 2. The van der Waals surface area contributed by atoms with Gasteiger partial charge in [-0.15, -0.1) is 0 Å². The third kappa shape index (κ3) is 4.46. The Morgan fingerprint density at radius 2 is 1.94 bits per heavy atom. The molecule has 1 aliphatic heterocycles. The lowest BCUT2D eigenvalue weighted by atomic mass is 10.0.